The van der Waals surface area contributed by atoms with Crippen LogP contribution in [0.1, 0.15) is 31.2 Å². The number of thiophene rings is 1. The summed E-state index contributed by atoms with van der Waals surface area (Å²) in [5.74, 6) is 0.809. The highest BCUT2D eigenvalue weighted by molar-refractivity contribution is 7.16. The molecular formula is C16H19Cl2NOS. The SMILES string of the molecule is CC(C)(C)NCc1c(Cl)cccc1OCc1ccc(Cl)s1. The molecule has 1 aromatic carbocycles. The van der Waals surface area contributed by atoms with E-state index in [0.29, 0.717) is 18.2 Å². The summed E-state index contributed by atoms with van der Waals surface area (Å²) >= 11 is 13.8. The molecule has 0 amide bonds. The van der Waals surface area contributed by atoms with Crippen LogP contribution in [0.2, 0.25) is 9.36 Å². The van der Waals surface area contributed by atoms with Gasteiger partial charge in [-0.3, -0.25) is 0 Å². The quantitative estimate of drug-likeness (QED) is 0.771. The third-order valence-electron chi connectivity index (χ3n) is 2.87. The van der Waals surface area contributed by atoms with Gasteiger partial charge in [-0.15, -0.1) is 11.3 Å². The molecule has 21 heavy (non-hydrogen) atoms. The average Bonchev–Trinajstić information content (AvgIpc) is 2.80. The lowest BCUT2D eigenvalue weighted by atomic mass is 10.1. The number of rotatable bonds is 5. The normalized spacial score (nSPS) is 11.7. The maximum Gasteiger partial charge on any atom is 0.125 e. The van der Waals surface area contributed by atoms with E-state index in [-0.39, 0.29) is 5.54 Å². The molecule has 0 radical (unpaired) electrons. The molecule has 1 heterocycles. The second-order valence-corrected chi connectivity index (χ2v) is 8.02. The van der Waals surface area contributed by atoms with Gasteiger partial charge in [0.15, 0.2) is 0 Å². The van der Waals surface area contributed by atoms with Gasteiger partial charge in [-0.05, 0) is 45.0 Å². The monoisotopic (exact) mass is 343 g/mol. The van der Waals surface area contributed by atoms with Gasteiger partial charge in [0.2, 0.25) is 0 Å². The highest BCUT2D eigenvalue weighted by atomic mass is 35.5. The Bertz CT molecular complexity index is 605. The van der Waals surface area contributed by atoms with Crippen LogP contribution in [-0.4, -0.2) is 5.54 Å². The number of ether oxygens (including phenoxy) is 1. The third-order valence-corrected chi connectivity index (χ3v) is 4.43. The molecule has 0 saturated heterocycles. The minimum Gasteiger partial charge on any atom is -0.488 e. The highest BCUT2D eigenvalue weighted by Gasteiger charge is 2.13. The Balaban J connectivity index is 2.09. The maximum absolute atomic E-state index is 6.31. The molecular weight excluding hydrogens is 325 g/mol. The molecule has 1 aromatic heterocycles. The zero-order valence-electron chi connectivity index (χ0n) is 12.4. The van der Waals surface area contributed by atoms with Crippen LogP contribution in [0.3, 0.4) is 0 Å². The van der Waals surface area contributed by atoms with Crippen molar-refractivity contribution in [3.05, 3.63) is 50.1 Å². The molecule has 1 N–H and O–H groups in total. The van der Waals surface area contributed by atoms with Gasteiger partial charge in [0, 0.05) is 27.5 Å². The summed E-state index contributed by atoms with van der Waals surface area (Å²) in [6.45, 7) is 7.54. The fourth-order valence-electron chi connectivity index (χ4n) is 1.78. The Morgan fingerprint density at radius 3 is 2.52 bits per heavy atom. The Morgan fingerprint density at radius 1 is 1.14 bits per heavy atom. The highest BCUT2D eigenvalue weighted by Crippen LogP contribution is 2.29. The first-order valence-electron chi connectivity index (χ1n) is 6.74. The molecule has 0 aliphatic carbocycles. The summed E-state index contributed by atoms with van der Waals surface area (Å²) in [5.41, 5.74) is 1.01. The predicted octanol–water partition coefficient (Wildman–Crippen LogP) is 5.52. The Hall–Kier alpha value is -0.740. The van der Waals surface area contributed by atoms with E-state index in [4.69, 9.17) is 27.9 Å². The first-order chi connectivity index (χ1) is 9.85. The summed E-state index contributed by atoms with van der Waals surface area (Å²) in [6.07, 6.45) is 0. The van der Waals surface area contributed by atoms with E-state index in [9.17, 15) is 0 Å². The average molecular weight is 344 g/mol. The van der Waals surface area contributed by atoms with Gasteiger partial charge >= 0.3 is 0 Å². The fourth-order valence-corrected chi connectivity index (χ4v) is 3.01. The summed E-state index contributed by atoms with van der Waals surface area (Å²) in [6, 6.07) is 9.59. The second kappa shape index (κ2) is 7.01. The molecule has 0 saturated carbocycles. The van der Waals surface area contributed by atoms with Crippen LogP contribution in [0.25, 0.3) is 0 Å². The Morgan fingerprint density at radius 2 is 1.90 bits per heavy atom. The van der Waals surface area contributed by atoms with E-state index < -0.39 is 0 Å². The van der Waals surface area contributed by atoms with E-state index in [1.807, 2.05) is 30.3 Å². The molecule has 5 heteroatoms. The molecule has 0 unspecified atom stereocenters. The topological polar surface area (TPSA) is 21.3 Å². The number of hydrogen-bond donors (Lipinski definition) is 1. The van der Waals surface area contributed by atoms with E-state index in [0.717, 1.165) is 20.5 Å². The van der Waals surface area contributed by atoms with Crippen LogP contribution >= 0.6 is 34.5 Å². The number of nitrogens with one attached hydrogen (secondary N) is 1. The summed E-state index contributed by atoms with van der Waals surface area (Å²) in [5, 5.41) is 4.15. The molecule has 0 atom stereocenters. The van der Waals surface area contributed by atoms with Gasteiger partial charge in [0.1, 0.15) is 12.4 Å². The molecule has 0 spiro atoms. The number of hydrogen-bond acceptors (Lipinski definition) is 3. The lowest BCUT2D eigenvalue weighted by Gasteiger charge is -2.22. The molecule has 0 aliphatic rings. The molecule has 0 bridgehead atoms. The predicted molar refractivity (Wildman–Crippen MR) is 91.7 cm³/mol. The van der Waals surface area contributed by atoms with Gasteiger partial charge in [-0.2, -0.15) is 0 Å². The van der Waals surface area contributed by atoms with Crippen molar-refractivity contribution in [2.75, 3.05) is 0 Å². The first-order valence-corrected chi connectivity index (χ1v) is 8.32. The van der Waals surface area contributed by atoms with E-state index in [1.54, 1.807) is 0 Å². The molecule has 2 nitrogen and oxygen atoms in total. The van der Waals surface area contributed by atoms with Crippen LogP contribution in [-0.2, 0) is 13.2 Å². The van der Waals surface area contributed by atoms with Crippen molar-refractivity contribution in [1.29, 1.82) is 0 Å². The minimum absolute atomic E-state index is 0.0255. The molecule has 114 valence electrons. The van der Waals surface area contributed by atoms with Gasteiger partial charge in [0.05, 0.1) is 4.34 Å². The second-order valence-electron chi connectivity index (χ2n) is 5.81. The van der Waals surface area contributed by atoms with Gasteiger partial charge in [-0.25, -0.2) is 0 Å². The lowest BCUT2D eigenvalue weighted by molar-refractivity contribution is 0.303. The zero-order valence-corrected chi connectivity index (χ0v) is 14.7. The van der Waals surface area contributed by atoms with Crippen LogP contribution in [0, 0.1) is 0 Å². The summed E-state index contributed by atoms with van der Waals surface area (Å²) in [4.78, 5) is 1.09. The Labute approximate surface area is 140 Å². The maximum atomic E-state index is 6.31. The van der Waals surface area contributed by atoms with Crippen molar-refractivity contribution in [3.8, 4) is 5.75 Å². The fraction of sp³-hybridized carbons (Fsp3) is 0.375. The number of benzene rings is 1. The van der Waals surface area contributed by atoms with Crippen molar-refractivity contribution in [2.45, 2.75) is 39.5 Å². The van der Waals surface area contributed by atoms with Crippen molar-refractivity contribution < 1.29 is 4.74 Å². The lowest BCUT2D eigenvalue weighted by Crippen LogP contribution is -2.35. The van der Waals surface area contributed by atoms with Gasteiger partial charge in [-0.1, -0.05) is 29.3 Å². The van der Waals surface area contributed by atoms with Crippen LogP contribution in [0.5, 0.6) is 5.75 Å². The number of halogens is 2. The van der Waals surface area contributed by atoms with Crippen molar-refractivity contribution in [2.24, 2.45) is 0 Å². The largest absolute Gasteiger partial charge is 0.488 e. The van der Waals surface area contributed by atoms with Gasteiger partial charge < -0.3 is 10.1 Å². The zero-order chi connectivity index (χ0) is 15.5. The smallest absolute Gasteiger partial charge is 0.125 e. The molecule has 2 rings (SSSR count). The molecule has 2 aromatic rings. The Kier molecular flexibility index (Phi) is 5.55. The first kappa shape index (κ1) is 16.6. The van der Waals surface area contributed by atoms with Crippen LogP contribution < -0.4 is 10.1 Å². The third kappa shape index (κ3) is 5.19. The molecule has 0 fully saturated rings. The van der Waals surface area contributed by atoms with Gasteiger partial charge in [0.25, 0.3) is 0 Å². The van der Waals surface area contributed by atoms with Crippen LogP contribution in [0.15, 0.2) is 30.3 Å². The molecule has 0 aliphatic heterocycles. The van der Waals surface area contributed by atoms with Crippen molar-refractivity contribution in [3.63, 3.8) is 0 Å². The van der Waals surface area contributed by atoms with Crippen molar-refractivity contribution >= 4 is 34.5 Å². The van der Waals surface area contributed by atoms with Crippen LogP contribution in [0.4, 0.5) is 0 Å². The van der Waals surface area contributed by atoms with Crippen molar-refractivity contribution in [1.82, 2.24) is 5.32 Å². The summed E-state index contributed by atoms with van der Waals surface area (Å²) < 4.78 is 6.68. The standard InChI is InChI=1S/C16H19Cl2NOS/c1-16(2,3)19-9-12-13(17)5-4-6-14(12)20-10-11-7-8-15(18)21-11/h4-8,19H,9-10H2,1-3H3. The van der Waals surface area contributed by atoms with E-state index >= 15 is 0 Å². The van der Waals surface area contributed by atoms with E-state index in [1.165, 1.54) is 11.3 Å². The van der Waals surface area contributed by atoms with E-state index in [2.05, 4.69) is 26.1 Å². The summed E-state index contributed by atoms with van der Waals surface area (Å²) in [7, 11) is 0. The minimum atomic E-state index is 0.0255.